The number of anilines is 1. The van der Waals surface area contributed by atoms with Gasteiger partial charge in [0.2, 0.25) is 16.9 Å². The molecule has 0 unspecified atom stereocenters. The maximum absolute atomic E-state index is 13.8. The molecule has 19 heteroatoms. The van der Waals surface area contributed by atoms with Gasteiger partial charge in [0, 0.05) is 30.8 Å². The number of oxime groups is 1. The van der Waals surface area contributed by atoms with Crippen molar-refractivity contribution in [3.8, 4) is 5.75 Å². The van der Waals surface area contributed by atoms with Gasteiger partial charge in [-0.1, -0.05) is 45.2 Å². The number of unbranched alkanes of at least 4 members (excludes halogenated alkanes) is 3. The van der Waals surface area contributed by atoms with Gasteiger partial charge >= 0.3 is 12.1 Å². The fourth-order valence-electron chi connectivity index (χ4n) is 5.23. The van der Waals surface area contributed by atoms with Crippen molar-refractivity contribution in [2.45, 2.75) is 123 Å². The molecular weight excluding hydrogens is 751 g/mol. The van der Waals surface area contributed by atoms with Crippen LogP contribution in [0.25, 0.3) is 0 Å². The Bertz CT molecular complexity index is 1800. The zero-order valence-corrected chi connectivity index (χ0v) is 33.6. The zero-order valence-electron chi connectivity index (χ0n) is 32.8. The van der Waals surface area contributed by atoms with Crippen molar-refractivity contribution in [3.05, 3.63) is 39.3 Å². The molecule has 2 aromatic rings. The summed E-state index contributed by atoms with van der Waals surface area (Å²) in [6, 6.07) is -0.764. The molecule has 0 spiro atoms. The number of ether oxygens (including phenoxy) is 3. The first-order chi connectivity index (χ1) is 26.7. The number of nitrogens with zero attached hydrogens (tertiary/aromatic N) is 3. The van der Waals surface area contributed by atoms with E-state index in [9.17, 15) is 28.8 Å². The summed E-state index contributed by atoms with van der Waals surface area (Å²) in [5, 5.41) is 16.1. The second kappa shape index (κ2) is 20.1. The van der Waals surface area contributed by atoms with E-state index < -0.39 is 58.5 Å². The molecule has 1 aliphatic heterocycles. The minimum absolute atomic E-state index is 0.0138. The average molecular weight is 804 g/mol. The molecule has 2 fully saturated rings. The predicted octanol–water partition coefficient (Wildman–Crippen LogP) is 3.46. The van der Waals surface area contributed by atoms with Crippen LogP contribution in [0, 0.1) is 0 Å². The maximum atomic E-state index is 13.8. The molecule has 2 atom stereocenters. The molecule has 1 aliphatic carbocycles. The zero-order chi connectivity index (χ0) is 40.9. The van der Waals surface area contributed by atoms with Crippen molar-refractivity contribution < 1.29 is 47.9 Å². The number of thiazole rings is 1. The number of hydrogen-bond acceptors (Lipinski definition) is 14. The molecule has 1 saturated heterocycles. The number of β-lactam (4-membered cyclic amide) rings is 1. The summed E-state index contributed by atoms with van der Waals surface area (Å²) in [6.45, 7) is 11.7. The first kappa shape index (κ1) is 43.5. The monoisotopic (exact) mass is 803 g/mol. The first-order valence-corrected chi connectivity index (χ1v) is 19.9. The van der Waals surface area contributed by atoms with E-state index in [-0.39, 0.29) is 47.7 Å². The van der Waals surface area contributed by atoms with Crippen LogP contribution in [0.1, 0.15) is 116 Å². The Morgan fingerprint density at radius 1 is 1.04 bits per heavy atom. The van der Waals surface area contributed by atoms with Crippen molar-refractivity contribution in [3.63, 3.8) is 0 Å². The number of nitrogens with one attached hydrogen (secondary N) is 4. The van der Waals surface area contributed by atoms with Crippen LogP contribution in [0.15, 0.2) is 27.6 Å². The van der Waals surface area contributed by atoms with Crippen LogP contribution in [-0.2, 0) is 28.7 Å². The Morgan fingerprint density at radius 2 is 1.73 bits per heavy atom. The van der Waals surface area contributed by atoms with Gasteiger partial charge in [-0.2, -0.15) is 4.73 Å². The number of esters is 1. The van der Waals surface area contributed by atoms with Crippen molar-refractivity contribution in [2.75, 3.05) is 31.7 Å². The van der Waals surface area contributed by atoms with Gasteiger partial charge in [0.25, 0.3) is 11.8 Å². The fourth-order valence-corrected chi connectivity index (χ4v) is 5.91. The average Bonchev–Trinajstić information content (AvgIpc) is 3.57. The number of amides is 4. The molecule has 0 bridgehead atoms. The standard InChI is InChI=1S/C37H53N7O11S/c1-7-10-16-51-27-21-44(53-18-12-9-3)25(19-26(27)45)30(46)38-20-23-28(31(47)39-23)41-32(48)29(24-22-56-34(40-24)42-35(50)54-36(4,5)6)43-55-37(14-13-15-37)33(49)52-17-11-8-2/h19,21-23,28H,7-18,20H2,1-6H3,(H,38,46)(H,39,47)(H,41,48)(H,40,42,50)/b43-29-/t23-,28+/m1/s1. The lowest BCUT2D eigenvalue weighted by atomic mass is 9.80. The molecule has 2 aromatic heterocycles. The van der Waals surface area contributed by atoms with Crippen LogP contribution in [0.2, 0.25) is 0 Å². The van der Waals surface area contributed by atoms with E-state index in [0.29, 0.717) is 38.7 Å². The van der Waals surface area contributed by atoms with Gasteiger partial charge in [-0.3, -0.25) is 24.5 Å². The molecule has 56 heavy (non-hydrogen) atoms. The molecule has 0 radical (unpaired) electrons. The smallest absolute Gasteiger partial charge is 0.413 e. The molecule has 0 aromatic carbocycles. The van der Waals surface area contributed by atoms with Gasteiger partial charge < -0.3 is 39.8 Å². The van der Waals surface area contributed by atoms with E-state index in [2.05, 4.69) is 31.4 Å². The Kier molecular flexibility index (Phi) is 15.6. The molecular formula is C37H53N7O11S. The van der Waals surface area contributed by atoms with E-state index in [1.807, 2.05) is 20.8 Å². The predicted molar refractivity (Wildman–Crippen MR) is 206 cm³/mol. The quantitative estimate of drug-likeness (QED) is 0.0468. The van der Waals surface area contributed by atoms with Crippen LogP contribution in [-0.4, -0.2) is 94.9 Å². The number of aromatic nitrogens is 2. The van der Waals surface area contributed by atoms with Crippen LogP contribution in [0.5, 0.6) is 5.75 Å². The van der Waals surface area contributed by atoms with Crippen molar-refractivity contribution in [1.82, 2.24) is 25.7 Å². The molecule has 3 heterocycles. The van der Waals surface area contributed by atoms with Gasteiger partial charge in [-0.05, 0) is 46.5 Å². The minimum Gasteiger partial charge on any atom is -0.488 e. The summed E-state index contributed by atoms with van der Waals surface area (Å²) >= 11 is 0.985. The van der Waals surface area contributed by atoms with E-state index in [1.54, 1.807) is 20.8 Å². The summed E-state index contributed by atoms with van der Waals surface area (Å²) < 4.78 is 17.5. The largest absolute Gasteiger partial charge is 0.488 e. The van der Waals surface area contributed by atoms with Crippen LogP contribution < -0.4 is 36.3 Å². The third-order valence-electron chi connectivity index (χ3n) is 8.63. The molecule has 4 N–H and O–H groups in total. The van der Waals surface area contributed by atoms with Gasteiger partial charge in [-0.25, -0.2) is 14.6 Å². The lowest BCUT2D eigenvalue weighted by molar-refractivity contribution is -0.185. The lowest BCUT2D eigenvalue weighted by Crippen LogP contribution is -2.72. The highest BCUT2D eigenvalue weighted by molar-refractivity contribution is 7.14. The van der Waals surface area contributed by atoms with Crippen molar-refractivity contribution in [2.24, 2.45) is 5.16 Å². The van der Waals surface area contributed by atoms with Gasteiger partial charge in [0.05, 0.1) is 25.5 Å². The number of carbonyl (C=O) groups is 5. The van der Waals surface area contributed by atoms with Gasteiger partial charge in [-0.15, -0.1) is 11.3 Å². The Hall–Kier alpha value is -5.20. The molecule has 4 rings (SSSR count). The lowest BCUT2D eigenvalue weighted by Gasteiger charge is -2.37. The second-order valence-electron chi connectivity index (χ2n) is 14.4. The third kappa shape index (κ3) is 11.9. The minimum atomic E-state index is -1.39. The fraction of sp³-hybridized carbons (Fsp3) is 0.622. The number of pyridine rings is 1. The maximum Gasteiger partial charge on any atom is 0.413 e. The Morgan fingerprint density at radius 3 is 2.38 bits per heavy atom. The Balaban J connectivity index is 1.50. The SMILES string of the molecule is CCCCOC(=O)C1(O/N=C(\C(=O)N[C@@H]2C(=O)N[C@@H]2CNC(=O)c2cc(=O)c(OCCCC)cn2OCCCC)c2csc(NC(=O)OC(C)(C)C)n2)CCC1. The number of carbonyl (C=O) groups excluding carboxylic acids is 5. The van der Waals surface area contributed by atoms with E-state index in [0.717, 1.165) is 43.1 Å². The molecule has 308 valence electrons. The molecule has 4 amide bonds. The first-order valence-electron chi connectivity index (χ1n) is 19.0. The highest BCUT2D eigenvalue weighted by Crippen LogP contribution is 2.37. The van der Waals surface area contributed by atoms with E-state index in [1.165, 1.54) is 16.3 Å². The highest BCUT2D eigenvalue weighted by atomic mass is 32.1. The third-order valence-corrected chi connectivity index (χ3v) is 9.38. The Labute approximate surface area is 329 Å². The summed E-state index contributed by atoms with van der Waals surface area (Å²) in [6.07, 6.45) is 6.54. The normalized spacial score (nSPS) is 17.3. The van der Waals surface area contributed by atoms with E-state index in [4.69, 9.17) is 23.9 Å². The molecule has 2 aliphatic rings. The topological polar surface area (TPSA) is 227 Å². The van der Waals surface area contributed by atoms with Crippen molar-refractivity contribution in [1.29, 1.82) is 0 Å². The van der Waals surface area contributed by atoms with Gasteiger partial charge in [0.15, 0.2) is 16.6 Å². The van der Waals surface area contributed by atoms with E-state index >= 15 is 0 Å². The summed E-state index contributed by atoms with van der Waals surface area (Å²) in [4.78, 5) is 94.0. The second-order valence-corrected chi connectivity index (χ2v) is 15.3. The summed E-state index contributed by atoms with van der Waals surface area (Å²) in [7, 11) is 0. The number of hydrogen-bond donors (Lipinski definition) is 4. The van der Waals surface area contributed by atoms with Gasteiger partial charge in [0.1, 0.15) is 29.6 Å². The molecule has 1 saturated carbocycles. The highest BCUT2D eigenvalue weighted by Gasteiger charge is 2.50. The number of rotatable bonds is 21. The van der Waals surface area contributed by atoms with Crippen molar-refractivity contribution >= 4 is 52.0 Å². The molecule has 18 nitrogen and oxygen atoms in total. The van der Waals surface area contributed by atoms with Crippen LogP contribution in [0.3, 0.4) is 0 Å². The van der Waals surface area contributed by atoms with Crippen LogP contribution >= 0.6 is 11.3 Å². The summed E-state index contributed by atoms with van der Waals surface area (Å²) in [5.74, 6) is -2.62. The van der Waals surface area contributed by atoms with Crippen LogP contribution in [0.4, 0.5) is 9.93 Å². The summed E-state index contributed by atoms with van der Waals surface area (Å²) in [5.41, 5.74) is -3.13.